The highest BCUT2D eigenvalue weighted by Gasteiger charge is 1.98. The molecule has 1 N–H and O–H groups in total. The molecule has 0 aliphatic rings. The second-order valence-corrected chi connectivity index (χ2v) is 9.10. The monoisotopic (exact) mass is 487 g/mol. The summed E-state index contributed by atoms with van der Waals surface area (Å²) < 4.78 is 21.5. The van der Waals surface area contributed by atoms with Crippen molar-refractivity contribution in [3.63, 3.8) is 0 Å². The summed E-state index contributed by atoms with van der Waals surface area (Å²) in [4.78, 5) is 10.4. The minimum Gasteiger partial charge on any atom is -0.481 e. The van der Waals surface area contributed by atoms with E-state index in [9.17, 15) is 4.79 Å². The molecule has 0 spiro atoms. The van der Waals surface area contributed by atoms with E-state index in [1.807, 2.05) is 0 Å². The van der Waals surface area contributed by atoms with Gasteiger partial charge < -0.3 is 24.1 Å². The third kappa shape index (κ3) is 31.3. The fourth-order valence-electron chi connectivity index (χ4n) is 3.89. The van der Waals surface area contributed by atoms with Gasteiger partial charge in [-0.3, -0.25) is 4.79 Å². The minimum absolute atomic E-state index is 0.332. The first-order valence-corrected chi connectivity index (χ1v) is 14.1. The second-order valence-electron chi connectivity index (χ2n) is 9.10. The molecule has 0 saturated carbocycles. The fourth-order valence-corrected chi connectivity index (χ4v) is 3.89. The summed E-state index contributed by atoms with van der Waals surface area (Å²) in [6.07, 6.45) is 22.1. The maximum absolute atomic E-state index is 10.4. The molecule has 0 rings (SSSR count). The third-order valence-electron chi connectivity index (χ3n) is 5.94. The number of carbonyl (C=O) groups is 1. The summed E-state index contributed by atoms with van der Waals surface area (Å²) in [5, 5.41) is 8.60. The van der Waals surface area contributed by atoms with E-state index < -0.39 is 5.97 Å². The average molecular weight is 488 g/mol. The summed E-state index contributed by atoms with van der Waals surface area (Å²) >= 11 is 0. The van der Waals surface area contributed by atoms with Crippen LogP contribution in [0.5, 0.6) is 0 Å². The Morgan fingerprint density at radius 1 is 0.441 bits per heavy atom. The molecule has 34 heavy (non-hydrogen) atoms. The van der Waals surface area contributed by atoms with Crippen LogP contribution in [0.2, 0.25) is 0 Å². The van der Waals surface area contributed by atoms with Crippen LogP contribution in [0.15, 0.2) is 0 Å². The van der Waals surface area contributed by atoms with Crippen molar-refractivity contribution in [2.45, 2.75) is 116 Å². The standard InChI is InChI=1S/C28H55O6/c1-2-31-22-23-33-26-27-34-25-24-32-21-19-17-15-13-11-9-7-5-3-4-6-8-10-12-14-16-18-20-28(29)30/h1-27H2,(H,29,30). The molecule has 0 aromatic rings. The SMILES string of the molecule is [CH2]COCCOCCOCCOCCCCCCCCCCCCCCCCCCCC(=O)O. The van der Waals surface area contributed by atoms with Gasteiger partial charge in [0.2, 0.25) is 0 Å². The van der Waals surface area contributed by atoms with Crippen LogP contribution in [0, 0.1) is 6.92 Å². The minimum atomic E-state index is -0.662. The van der Waals surface area contributed by atoms with Crippen LogP contribution in [0.1, 0.15) is 116 Å². The Bertz CT molecular complexity index is 391. The summed E-state index contributed by atoms with van der Waals surface area (Å²) in [5.41, 5.74) is 0. The zero-order valence-electron chi connectivity index (χ0n) is 22.1. The molecule has 0 aliphatic heterocycles. The zero-order chi connectivity index (χ0) is 24.8. The van der Waals surface area contributed by atoms with Crippen LogP contribution in [-0.2, 0) is 23.7 Å². The van der Waals surface area contributed by atoms with Gasteiger partial charge in [0.15, 0.2) is 0 Å². The van der Waals surface area contributed by atoms with E-state index in [-0.39, 0.29) is 0 Å². The molecule has 0 bridgehead atoms. The molecule has 6 nitrogen and oxygen atoms in total. The average Bonchev–Trinajstić information content (AvgIpc) is 2.83. The van der Waals surface area contributed by atoms with Gasteiger partial charge in [0, 0.05) is 19.6 Å². The van der Waals surface area contributed by atoms with E-state index >= 15 is 0 Å². The Labute approximate surface area is 210 Å². The lowest BCUT2D eigenvalue weighted by atomic mass is 10.0. The van der Waals surface area contributed by atoms with Crippen molar-refractivity contribution in [2.24, 2.45) is 0 Å². The van der Waals surface area contributed by atoms with Crippen LogP contribution in [0.3, 0.4) is 0 Å². The molecule has 1 radical (unpaired) electrons. The van der Waals surface area contributed by atoms with E-state index in [1.54, 1.807) is 0 Å². The molecule has 0 aromatic carbocycles. The lowest BCUT2D eigenvalue weighted by molar-refractivity contribution is -0.137. The zero-order valence-corrected chi connectivity index (χ0v) is 22.1. The number of ether oxygens (including phenoxy) is 4. The first-order valence-electron chi connectivity index (χ1n) is 14.1. The number of hydrogen-bond acceptors (Lipinski definition) is 5. The molecule has 0 amide bonds. The molecular formula is C28H55O6. The van der Waals surface area contributed by atoms with Gasteiger partial charge in [-0.05, 0) is 19.8 Å². The van der Waals surface area contributed by atoms with Crippen LogP contribution < -0.4 is 0 Å². The van der Waals surface area contributed by atoms with Gasteiger partial charge in [-0.1, -0.05) is 96.3 Å². The number of unbranched alkanes of at least 4 members (excludes halogenated alkanes) is 16. The predicted molar refractivity (Wildman–Crippen MR) is 139 cm³/mol. The number of aliphatic carboxylic acids is 1. The van der Waals surface area contributed by atoms with Crippen molar-refractivity contribution >= 4 is 5.97 Å². The first-order chi connectivity index (χ1) is 16.8. The molecular weight excluding hydrogens is 432 g/mol. The molecule has 0 aromatic heterocycles. The van der Waals surface area contributed by atoms with Crippen molar-refractivity contribution in [2.75, 3.05) is 52.9 Å². The highest BCUT2D eigenvalue weighted by Crippen LogP contribution is 2.14. The summed E-state index contributed by atoms with van der Waals surface area (Å²) in [7, 11) is 0. The Balaban J connectivity index is 3.01. The molecule has 6 heteroatoms. The number of hydrogen-bond donors (Lipinski definition) is 1. The summed E-state index contributed by atoms with van der Waals surface area (Å²) in [6, 6.07) is 0. The van der Waals surface area contributed by atoms with E-state index in [0.717, 1.165) is 25.9 Å². The van der Waals surface area contributed by atoms with Gasteiger partial charge in [-0.2, -0.15) is 0 Å². The number of carboxylic acid groups (broad SMARTS) is 1. The summed E-state index contributed by atoms with van der Waals surface area (Å²) in [5.74, 6) is -0.662. The highest BCUT2D eigenvalue weighted by atomic mass is 16.6. The Morgan fingerprint density at radius 2 is 0.735 bits per heavy atom. The Hall–Kier alpha value is -0.690. The molecule has 0 heterocycles. The molecule has 0 aliphatic carbocycles. The number of carboxylic acids is 1. The predicted octanol–water partition coefficient (Wildman–Crippen LogP) is 6.99. The van der Waals surface area contributed by atoms with Crippen molar-refractivity contribution in [1.82, 2.24) is 0 Å². The van der Waals surface area contributed by atoms with Gasteiger partial charge in [0.25, 0.3) is 0 Å². The normalized spacial score (nSPS) is 11.3. The molecule has 0 unspecified atom stereocenters. The second kappa shape index (κ2) is 30.3. The molecule has 203 valence electrons. The lowest BCUT2D eigenvalue weighted by Gasteiger charge is -2.07. The van der Waals surface area contributed by atoms with E-state index in [4.69, 9.17) is 24.1 Å². The first kappa shape index (κ1) is 33.3. The Kier molecular flexibility index (Phi) is 29.7. The van der Waals surface area contributed by atoms with Crippen LogP contribution >= 0.6 is 0 Å². The Morgan fingerprint density at radius 3 is 1.09 bits per heavy atom. The van der Waals surface area contributed by atoms with Gasteiger partial charge in [-0.15, -0.1) is 0 Å². The highest BCUT2D eigenvalue weighted by molar-refractivity contribution is 5.66. The quantitative estimate of drug-likeness (QED) is 0.110. The van der Waals surface area contributed by atoms with Crippen LogP contribution in [0.4, 0.5) is 0 Å². The molecule has 0 atom stereocenters. The van der Waals surface area contributed by atoms with E-state index in [0.29, 0.717) is 52.7 Å². The van der Waals surface area contributed by atoms with Crippen LogP contribution in [0.25, 0.3) is 0 Å². The van der Waals surface area contributed by atoms with Gasteiger partial charge >= 0.3 is 5.97 Å². The topological polar surface area (TPSA) is 74.2 Å². The smallest absolute Gasteiger partial charge is 0.303 e. The van der Waals surface area contributed by atoms with Crippen molar-refractivity contribution in [3.8, 4) is 0 Å². The summed E-state index contributed by atoms with van der Waals surface area (Å²) in [6.45, 7) is 8.61. The maximum atomic E-state index is 10.4. The fraction of sp³-hybridized carbons (Fsp3) is 0.929. The van der Waals surface area contributed by atoms with Gasteiger partial charge in [0.1, 0.15) is 0 Å². The van der Waals surface area contributed by atoms with Crippen LogP contribution in [-0.4, -0.2) is 63.9 Å². The third-order valence-corrected chi connectivity index (χ3v) is 5.94. The van der Waals surface area contributed by atoms with Gasteiger partial charge in [-0.25, -0.2) is 0 Å². The van der Waals surface area contributed by atoms with E-state index in [2.05, 4.69) is 6.92 Å². The van der Waals surface area contributed by atoms with Gasteiger partial charge in [0.05, 0.1) is 39.6 Å². The largest absolute Gasteiger partial charge is 0.481 e. The molecule has 0 fully saturated rings. The van der Waals surface area contributed by atoms with E-state index in [1.165, 1.54) is 89.9 Å². The van der Waals surface area contributed by atoms with Crippen molar-refractivity contribution in [3.05, 3.63) is 6.92 Å². The van der Waals surface area contributed by atoms with Crippen molar-refractivity contribution < 1.29 is 28.8 Å². The molecule has 0 saturated heterocycles. The lowest BCUT2D eigenvalue weighted by Crippen LogP contribution is -2.12. The van der Waals surface area contributed by atoms with Crippen molar-refractivity contribution in [1.29, 1.82) is 0 Å². The number of rotatable bonds is 30. The maximum Gasteiger partial charge on any atom is 0.303 e.